The van der Waals surface area contributed by atoms with Gasteiger partial charge in [-0.05, 0) is 24.6 Å². The molecule has 0 saturated heterocycles. The summed E-state index contributed by atoms with van der Waals surface area (Å²) in [6.07, 6.45) is 2.99. The monoisotopic (exact) mass is 344 g/mol. The lowest BCUT2D eigenvalue weighted by molar-refractivity contribution is 0.0989. The van der Waals surface area contributed by atoms with Crippen LogP contribution in [0.2, 0.25) is 0 Å². The average Bonchev–Trinajstić information content (AvgIpc) is 2.87. The molecule has 5 nitrogen and oxygen atoms in total. The lowest BCUT2D eigenvalue weighted by atomic mass is 10.2. The third-order valence-corrected chi connectivity index (χ3v) is 4.60. The van der Waals surface area contributed by atoms with Gasteiger partial charge in [-0.2, -0.15) is 0 Å². The Morgan fingerprint density at radius 2 is 2.05 bits per heavy atom. The van der Waals surface area contributed by atoms with E-state index in [1.54, 1.807) is 0 Å². The Morgan fingerprint density at radius 1 is 1.32 bits per heavy atom. The maximum atomic E-state index is 11.6. The molecule has 2 rings (SSSR count). The molecule has 0 aliphatic heterocycles. The minimum absolute atomic E-state index is 0.0705. The summed E-state index contributed by atoms with van der Waals surface area (Å²) in [6, 6.07) is 4.24. The molecule has 0 bridgehead atoms. The topological polar surface area (TPSA) is 73.6 Å². The third kappa shape index (κ3) is 3.62. The van der Waals surface area contributed by atoms with Crippen molar-refractivity contribution in [2.75, 3.05) is 6.61 Å². The molecule has 2 aromatic rings. The Kier molecular flexibility index (Phi) is 5.13. The summed E-state index contributed by atoms with van der Waals surface area (Å²) in [7, 11) is 1.49. The lowest BCUT2D eigenvalue weighted by Gasteiger charge is -2.07. The zero-order valence-electron chi connectivity index (χ0n) is 12.4. The fraction of sp³-hybridized carbons (Fsp3) is 0.400. The number of carbonyl (C=O) groups excluding carboxylic acids is 1. The molecule has 0 atom stereocenters. The molecule has 0 radical (unpaired) electrons. The van der Waals surface area contributed by atoms with E-state index in [0.717, 1.165) is 19.3 Å². The van der Waals surface area contributed by atoms with Crippen LogP contribution in [0.4, 0.5) is 0 Å². The van der Waals surface area contributed by atoms with E-state index in [0.29, 0.717) is 12.4 Å². The van der Waals surface area contributed by atoms with Crippen LogP contribution in [0.15, 0.2) is 27.5 Å². The van der Waals surface area contributed by atoms with Crippen molar-refractivity contribution < 1.29 is 22.4 Å². The first-order valence-electron chi connectivity index (χ1n) is 6.99. The number of benzene rings is 1. The van der Waals surface area contributed by atoms with Crippen molar-refractivity contribution in [1.29, 1.82) is 0 Å². The Bertz CT molecular complexity index is 792. The van der Waals surface area contributed by atoms with E-state index >= 15 is 0 Å². The van der Waals surface area contributed by atoms with E-state index in [9.17, 15) is 13.2 Å². The van der Waals surface area contributed by atoms with Gasteiger partial charge in [-0.15, -0.1) is 0 Å². The van der Waals surface area contributed by atoms with Crippen molar-refractivity contribution in [3.63, 3.8) is 0 Å². The number of unbranched alkanes of at least 4 members (excludes halogenated alkanes) is 2. The van der Waals surface area contributed by atoms with E-state index in [1.807, 2.05) is 0 Å². The summed E-state index contributed by atoms with van der Waals surface area (Å²) in [5, 5.41) is 0.258. The van der Waals surface area contributed by atoms with Crippen LogP contribution in [-0.4, -0.2) is 20.8 Å². The molecular formula is C15H17ClO5S. The predicted octanol–water partition coefficient (Wildman–Crippen LogP) is 4.13. The summed E-state index contributed by atoms with van der Waals surface area (Å²) in [4.78, 5) is 11.4. The molecule has 1 heterocycles. The zero-order valence-corrected chi connectivity index (χ0v) is 14.0. The van der Waals surface area contributed by atoms with Gasteiger partial charge >= 0.3 is 0 Å². The molecule has 0 aliphatic rings. The Balaban J connectivity index is 2.48. The van der Waals surface area contributed by atoms with Gasteiger partial charge in [0.1, 0.15) is 0 Å². The molecule has 0 fully saturated rings. The molecule has 22 heavy (non-hydrogen) atoms. The van der Waals surface area contributed by atoms with E-state index in [-0.39, 0.29) is 27.4 Å². The highest BCUT2D eigenvalue weighted by atomic mass is 35.7. The van der Waals surface area contributed by atoms with E-state index in [4.69, 9.17) is 19.8 Å². The van der Waals surface area contributed by atoms with E-state index < -0.39 is 9.05 Å². The van der Waals surface area contributed by atoms with Gasteiger partial charge in [-0.25, -0.2) is 8.42 Å². The number of Topliss-reactive ketones (excluding diaryl/α,β-unsaturated/α-hetero) is 1. The van der Waals surface area contributed by atoms with Crippen molar-refractivity contribution in [3.05, 3.63) is 24.0 Å². The van der Waals surface area contributed by atoms with Gasteiger partial charge in [0, 0.05) is 23.0 Å². The highest BCUT2D eigenvalue weighted by Crippen LogP contribution is 2.35. The van der Waals surface area contributed by atoms with Crippen LogP contribution in [0.5, 0.6) is 5.75 Å². The zero-order chi connectivity index (χ0) is 16.3. The second-order valence-corrected chi connectivity index (χ2v) is 7.50. The molecule has 0 saturated carbocycles. The number of furan rings is 1. The Morgan fingerprint density at radius 3 is 2.64 bits per heavy atom. The number of halogens is 1. The highest BCUT2D eigenvalue weighted by Gasteiger charge is 2.21. The number of rotatable bonds is 7. The summed E-state index contributed by atoms with van der Waals surface area (Å²) in [5.41, 5.74) is 0.225. The van der Waals surface area contributed by atoms with Gasteiger partial charge in [0.2, 0.25) is 0 Å². The Labute approximate surface area is 133 Å². The molecule has 0 spiro atoms. The minimum atomic E-state index is -3.94. The summed E-state index contributed by atoms with van der Waals surface area (Å²) >= 11 is 0. The quantitative estimate of drug-likeness (QED) is 0.429. The van der Waals surface area contributed by atoms with Crippen molar-refractivity contribution in [2.24, 2.45) is 0 Å². The average molecular weight is 345 g/mol. The Hall–Kier alpha value is -1.53. The summed E-state index contributed by atoms with van der Waals surface area (Å²) < 4.78 is 34.4. The van der Waals surface area contributed by atoms with Crippen LogP contribution in [-0.2, 0) is 9.05 Å². The number of ether oxygens (including phenoxy) is 1. The predicted molar refractivity (Wildman–Crippen MR) is 84.3 cm³/mol. The van der Waals surface area contributed by atoms with Gasteiger partial charge < -0.3 is 9.15 Å². The molecule has 1 aromatic heterocycles. The van der Waals surface area contributed by atoms with Crippen LogP contribution >= 0.6 is 10.7 Å². The number of ketones is 1. The number of carbonyl (C=O) groups is 1. The summed E-state index contributed by atoms with van der Waals surface area (Å²) in [5.74, 6) is 0.176. The number of fused-ring (bicyclic) bond motifs is 1. The van der Waals surface area contributed by atoms with Crippen LogP contribution in [0.25, 0.3) is 11.0 Å². The molecule has 0 aliphatic carbocycles. The van der Waals surface area contributed by atoms with Crippen molar-refractivity contribution in [2.45, 2.75) is 38.0 Å². The van der Waals surface area contributed by atoms with Gasteiger partial charge in [0.05, 0.1) is 11.5 Å². The normalized spacial score (nSPS) is 11.8. The van der Waals surface area contributed by atoms with Gasteiger partial charge in [-0.3, -0.25) is 4.79 Å². The van der Waals surface area contributed by atoms with E-state index in [1.165, 1.54) is 25.1 Å². The second-order valence-electron chi connectivity index (χ2n) is 4.96. The SMILES string of the molecule is CCCCCOc1ccc(S(=O)(=O)Cl)c2cc(C(C)=O)oc12. The van der Waals surface area contributed by atoms with Crippen LogP contribution in [0.1, 0.15) is 43.7 Å². The van der Waals surface area contributed by atoms with Gasteiger partial charge in [0.25, 0.3) is 9.05 Å². The largest absolute Gasteiger partial charge is 0.490 e. The minimum Gasteiger partial charge on any atom is -0.490 e. The van der Waals surface area contributed by atoms with Crippen molar-refractivity contribution in [1.82, 2.24) is 0 Å². The molecule has 0 unspecified atom stereocenters. The number of hydrogen-bond acceptors (Lipinski definition) is 5. The van der Waals surface area contributed by atoms with Crippen LogP contribution in [0, 0.1) is 0 Å². The second kappa shape index (κ2) is 6.71. The lowest BCUT2D eigenvalue weighted by Crippen LogP contribution is -1.98. The molecule has 7 heteroatoms. The van der Waals surface area contributed by atoms with Gasteiger partial charge in [-0.1, -0.05) is 19.8 Å². The maximum absolute atomic E-state index is 11.6. The van der Waals surface area contributed by atoms with Gasteiger partial charge in [0.15, 0.2) is 22.9 Å². The first kappa shape index (κ1) is 16.8. The smallest absolute Gasteiger partial charge is 0.262 e. The molecule has 0 N–H and O–H groups in total. The summed E-state index contributed by atoms with van der Waals surface area (Å²) in [6.45, 7) is 3.92. The van der Waals surface area contributed by atoms with Crippen molar-refractivity contribution in [3.8, 4) is 5.75 Å². The molecule has 120 valence electrons. The third-order valence-electron chi connectivity index (χ3n) is 3.22. The molecule has 1 aromatic carbocycles. The standard InChI is InChI=1S/C15H17ClO5S/c1-3-4-5-8-20-12-6-7-14(22(16,18)19)11-9-13(10(2)17)21-15(11)12/h6-7,9H,3-5,8H2,1-2H3. The molecule has 0 amide bonds. The van der Waals surface area contributed by atoms with Crippen molar-refractivity contribution >= 4 is 36.5 Å². The van der Waals surface area contributed by atoms with Crippen LogP contribution in [0.3, 0.4) is 0 Å². The maximum Gasteiger partial charge on any atom is 0.262 e. The highest BCUT2D eigenvalue weighted by molar-refractivity contribution is 8.14. The van der Waals surface area contributed by atoms with E-state index in [2.05, 4.69) is 6.92 Å². The van der Waals surface area contributed by atoms with Crippen LogP contribution < -0.4 is 4.74 Å². The first-order chi connectivity index (χ1) is 10.3. The fourth-order valence-corrected chi connectivity index (χ4v) is 3.16. The fourth-order valence-electron chi connectivity index (χ4n) is 2.11. The number of hydrogen-bond donors (Lipinski definition) is 0. The molecular weight excluding hydrogens is 328 g/mol. The first-order valence-corrected chi connectivity index (χ1v) is 9.30.